The summed E-state index contributed by atoms with van der Waals surface area (Å²) in [6, 6.07) is 30.4. The number of nitrogens with one attached hydrogen (secondary N) is 1. The van der Waals surface area contributed by atoms with Gasteiger partial charge in [-0.2, -0.15) is 0 Å². The predicted molar refractivity (Wildman–Crippen MR) is 132 cm³/mol. The first-order valence-corrected chi connectivity index (χ1v) is 11.2. The third-order valence-corrected chi connectivity index (χ3v) is 6.02. The average molecular weight is 471 g/mol. The van der Waals surface area contributed by atoms with E-state index in [4.69, 9.17) is 11.6 Å². The van der Waals surface area contributed by atoms with Crippen molar-refractivity contribution in [2.75, 3.05) is 0 Å². The molecule has 1 heterocycles. The highest BCUT2D eigenvalue weighted by Crippen LogP contribution is 2.39. The minimum atomic E-state index is -1.25. The highest BCUT2D eigenvalue weighted by atomic mass is 35.5. The summed E-state index contributed by atoms with van der Waals surface area (Å²) >= 11 is 5.86. The Morgan fingerprint density at radius 3 is 1.65 bits per heavy atom. The van der Waals surface area contributed by atoms with Gasteiger partial charge in [0, 0.05) is 12.6 Å². The van der Waals surface area contributed by atoms with Gasteiger partial charge in [-0.1, -0.05) is 109 Å². The summed E-state index contributed by atoms with van der Waals surface area (Å²) in [6.45, 7) is 0. The summed E-state index contributed by atoms with van der Waals surface area (Å²) < 4.78 is 0. The van der Waals surface area contributed by atoms with E-state index in [1.165, 1.54) is 6.20 Å². The molecule has 0 aliphatic heterocycles. The lowest BCUT2D eigenvalue weighted by molar-refractivity contribution is -0.142. The van der Waals surface area contributed by atoms with E-state index in [0.717, 1.165) is 16.7 Å². The first-order valence-electron chi connectivity index (χ1n) is 10.8. The smallest absolute Gasteiger partial charge is 0.326 e. The van der Waals surface area contributed by atoms with Crippen molar-refractivity contribution in [1.82, 2.24) is 10.3 Å². The lowest BCUT2D eigenvalue weighted by Crippen LogP contribution is -2.52. The van der Waals surface area contributed by atoms with Crippen molar-refractivity contribution in [3.05, 3.63) is 137 Å². The van der Waals surface area contributed by atoms with Gasteiger partial charge in [0.15, 0.2) is 0 Å². The van der Waals surface area contributed by atoms with Crippen LogP contribution in [0, 0.1) is 0 Å². The van der Waals surface area contributed by atoms with E-state index in [0.29, 0.717) is 10.7 Å². The molecule has 4 rings (SSSR count). The van der Waals surface area contributed by atoms with E-state index in [2.05, 4.69) is 10.3 Å². The molecule has 2 N–H and O–H groups in total. The van der Waals surface area contributed by atoms with Crippen molar-refractivity contribution in [2.45, 2.75) is 17.9 Å². The number of carboxylic acids is 1. The standard InChI is InChI=1S/C28H23ClN2O3/c29-25-17-16-20(19-30-25)18-24(26(32)33)31-27(34)28(21-10-4-1-5-11-21,22-12-6-2-7-13-22)23-14-8-3-9-15-23/h1-17,19,24H,18H2,(H,31,34)(H,32,33)/t24-/m0/s1. The van der Waals surface area contributed by atoms with Crippen LogP contribution < -0.4 is 5.32 Å². The number of rotatable bonds is 8. The molecule has 4 aromatic rings. The monoisotopic (exact) mass is 470 g/mol. The number of halogens is 1. The molecule has 1 atom stereocenters. The number of hydrogen-bond donors (Lipinski definition) is 2. The van der Waals surface area contributed by atoms with Gasteiger partial charge in [-0.05, 0) is 28.3 Å². The Balaban J connectivity index is 1.83. The van der Waals surface area contributed by atoms with Crippen LogP contribution in [0.3, 0.4) is 0 Å². The number of hydrogen-bond acceptors (Lipinski definition) is 3. The molecule has 1 amide bonds. The summed E-state index contributed by atoms with van der Waals surface area (Å²) in [5.41, 5.74) is 1.61. The highest BCUT2D eigenvalue weighted by molar-refractivity contribution is 6.29. The van der Waals surface area contributed by atoms with Crippen LogP contribution in [-0.4, -0.2) is 28.0 Å². The van der Waals surface area contributed by atoms with E-state index in [9.17, 15) is 14.7 Å². The maximum atomic E-state index is 14.2. The van der Waals surface area contributed by atoms with Gasteiger partial charge in [0.2, 0.25) is 5.91 Å². The van der Waals surface area contributed by atoms with E-state index in [-0.39, 0.29) is 6.42 Å². The number of benzene rings is 3. The van der Waals surface area contributed by atoms with Crippen LogP contribution in [0.2, 0.25) is 5.15 Å². The summed E-state index contributed by atoms with van der Waals surface area (Å²) in [5, 5.41) is 13.1. The fourth-order valence-electron chi connectivity index (χ4n) is 4.19. The number of nitrogens with zero attached hydrogens (tertiary/aromatic N) is 1. The van der Waals surface area contributed by atoms with Crippen molar-refractivity contribution in [2.24, 2.45) is 0 Å². The zero-order valence-electron chi connectivity index (χ0n) is 18.3. The first kappa shape index (κ1) is 23.2. The number of carbonyl (C=O) groups is 2. The lowest BCUT2D eigenvalue weighted by Gasteiger charge is -2.35. The number of amides is 1. The van der Waals surface area contributed by atoms with Gasteiger partial charge in [0.25, 0.3) is 0 Å². The van der Waals surface area contributed by atoms with Gasteiger partial charge < -0.3 is 10.4 Å². The summed E-state index contributed by atoms with van der Waals surface area (Å²) in [5.74, 6) is -1.56. The molecule has 6 heteroatoms. The average Bonchev–Trinajstić information content (AvgIpc) is 2.87. The lowest BCUT2D eigenvalue weighted by atomic mass is 9.68. The number of aliphatic carboxylic acids is 1. The van der Waals surface area contributed by atoms with Crippen LogP contribution in [0.1, 0.15) is 22.3 Å². The number of carboxylic acid groups (broad SMARTS) is 1. The molecule has 0 bridgehead atoms. The number of pyridine rings is 1. The Labute approximate surface area is 203 Å². The van der Waals surface area contributed by atoms with Crippen LogP contribution in [0.15, 0.2) is 109 Å². The fourth-order valence-corrected chi connectivity index (χ4v) is 4.30. The van der Waals surface area contributed by atoms with Gasteiger partial charge in [-0.25, -0.2) is 9.78 Å². The SMILES string of the molecule is O=C(O)[C@H](Cc1ccc(Cl)nc1)NC(=O)C(c1ccccc1)(c1ccccc1)c1ccccc1. The second-order valence-electron chi connectivity index (χ2n) is 7.91. The molecule has 0 aliphatic rings. The van der Waals surface area contributed by atoms with Crippen LogP contribution in [0.5, 0.6) is 0 Å². The van der Waals surface area contributed by atoms with E-state index < -0.39 is 23.3 Å². The normalized spacial score (nSPS) is 12.0. The minimum absolute atomic E-state index is 0.0691. The number of aromatic nitrogens is 1. The molecule has 0 saturated carbocycles. The molecule has 0 saturated heterocycles. The first-order chi connectivity index (χ1) is 16.5. The molecule has 1 aromatic heterocycles. The third-order valence-electron chi connectivity index (χ3n) is 5.79. The maximum absolute atomic E-state index is 14.2. The summed E-state index contributed by atoms with van der Waals surface area (Å²) in [6.07, 6.45) is 1.59. The Kier molecular flexibility index (Phi) is 7.04. The molecule has 0 fully saturated rings. The van der Waals surface area contributed by atoms with Gasteiger partial charge >= 0.3 is 5.97 Å². The van der Waals surface area contributed by atoms with Crippen LogP contribution in [0.25, 0.3) is 0 Å². The third kappa shape index (κ3) is 4.70. The molecular formula is C28H23ClN2O3. The molecule has 170 valence electrons. The van der Waals surface area contributed by atoms with Crippen molar-refractivity contribution in [1.29, 1.82) is 0 Å². The quantitative estimate of drug-likeness (QED) is 0.284. The van der Waals surface area contributed by atoms with Gasteiger partial charge in [-0.15, -0.1) is 0 Å². The summed E-state index contributed by atoms with van der Waals surface area (Å²) in [4.78, 5) is 30.4. The second-order valence-corrected chi connectivity index (χ2v) is 8.29. The Hall–Kier alpha value is -3.96. The van der Waals surface area contributed by atoms with Gasteiger partial charge in [-0.3, -0.25) is 4.79 Å². The largest absolute Gasteiger partial charge is 0.480 e. The summed E-state index contributed by atoms with van der Waals surface area (Å²) in [7, 11) is 0. The fraction of sp³-hybridized carbons (Fsp3) is 0.107. The number of carbonyl (C=O) groups excluding carboxylic acids is 1. The maximum Gasteiger partial charge on any atom is 0.326 e. The van der Waals surface area contributed by atoms with Crippen molar-refractivity contribution >= 4 is 23.5 Å². The molecule has 3 aromatic carbocycles. The van der Waals surface area contributed by atoms with Crippen molar-refractivity contribution < 1.29 is 14.7 Å². The van der Waals surface area contributed by atoms with Crippen LogP contribution >= 0.6 is 11.6 Å². The molecule has 0 radical (unpaired) electrons. The molecular weight excluding hydrogens is 448 g/mol. The van der Waals surface area contributed by atoms with Crippen molar-refractivity contribution in [3.63, 3.8) is 0 Å². The Bertz CT molecular complexity index is 1150. The molecule has 5 nitrogen and oxygen atoms in total. The second kappa shape index (κ2) is 10.3. The van der Waals surface area contributed by atoms with Crippen molar-refractivity contribution in [3.8, 4) is 0 Å². The zero-order chi connectivity index (χ0) is 24.0. The zero-order valence-corrected chi connectivity index (χ0v) is 19.0. The van der Waals surface area contributed by atoms with Crippen LogP contribution in [0.4, 0.5) is 0 Å². The van der Waals surface area contributed by atoms with E-state index in [1.807, 2.05) is 91.0 Å². The Morgan fingerprint density at radius 2 is 1.26 bits per heavy atom. The van der Waals surface area contributed by atoms with E-state index >= 15 is 0 Å². The molecule has 0 spiro atoms. The predicted octanol–water partition coefficient (Wildman–Crippen LogP) is 4.88. The van der Waals surface area contributed by atoms with Gasteiger partial charge in [0.1, 0.15) is 16.6 Å². The molecule has 0 aliphatic carbocycles. The molecule has 0 unspecified atom stereocenters. The van der Waals surface area contributed by atoms with Crippen LogP contribution in [-0.2, 0) is 21.4 Å². The topological polar surface area (TPSA) is 79.3 Å². The Morgan fingerprint density at radius 1 is 0.794 bits per heavy atom. The molecule has 34 heavy (non-hydrogen) atoms. The highest BCUT2D eigenvalue weighted by Gasteiger charge is 2.45. The van der Waals surface area contributed by atoms with E-state index in [1.54, 1.807) is 12.1 Å². The minimum Gasteiger partial charge on any atom is -0.480 e. The van der Waals surface area contributed by atoms with Gasteiger partial charge in [0.05, 0.1) is 0 Å².